The predicted octanol–water partition coefficient (Wildman–Crippen LogP) is 4.91. The van der Waals surface area contributed by atoms with Gasteiger partial charge in [0.25, 0.3) is 11.0 Å². The van der Waals surface area contributed by atoms with Crippen molar-refractivity contribution in [2.75, 3.05) is 5.32 Å². The van der Waals surface area contributed by atoms with Crippen LogP contribution in [0.4, 0.5) is 23.7 Å². The lowest BCUT2D eigenvalue weighted by molar-refractivity contribution is -0.195. The molecule has 0 aliphatic carbocycles. The molecular weight excluding hydrogens is 542 g/mol. The first kappa shape index (κ1) is 24.0. The van der Waals surface area contributed by atoms with Crippen molar-refractivity contribution in [2.45, 2.75) is 24.2 Å². The van der Waals surface area contributed by atoms with Gasteiger partial charge in [-0.25, -0.2) is 24.1 Å². The molecule has 2 aromatic heterocycles. The molecule has 2 N–H and O–H groups in total. The van der Waals surface area contributed by atoms with Crippen LogP contribution >= 0.6 is 39.1 Å². The molecule has 1 aromatic carbocycles. The molecule has 32 heavy (non-hydrogen) atoms. The first-order valence-corrected chi connectivity index (χ1v) is 10.3. The van der Waals surface area contributed by atoms with Crippen LogP contribution in [0.1, 0.15) is 18.8 Å². The zero-order valence-corrected chi connectivity index (χ0v) is 19.0. The van der Waals surface area contributed by atoms with Crippen molar-refractivity contribution in [1.29, 1.82) is 0 Å². The fraction of sp³-hybridized carbons (Fsp3) is 0.235. The Hall–Kier alpha value is -2.64. The van der Waals surface area contributed by atoms with Gasteiger partial charge >= 0.3 is 12.1 Å². The van der Waals surface area contributed by atoms with Gasteiger partial charge in [0.1, 0.15) is 12.1 Å². The summed E-state index contributed by atoms with van der Waals surface area (Å²) in [5.74, 6) is 0.0336. The maximum absolute atomic E-state index is 13.4. The zero-order chi connectivity index (χ0) is 23.5. The van der Waals surface area contributed by atoms with Gasteiger partial charge in [-0.2, -0.15) is 18.6 Å². The van der Waals surface area contributed by atoms with Gasteiger partial charge in [-0.15, -0.1) is 0 Å². The Morgan fingerprint density at radius 1 is 1.22 bits per heavy atom. The fourth-order valence-corrected chi connectivity index (χ4v) is 2.91. The lowest BCUT2D eigenvalue weighted by atomic mass is 10.3. The van der Waals surface area contributed by atoms with Crippen LogP contribution in [0.3, 0.4) is 0 Å². The van der Waals surface area contributed by atoms with E-state index in [1.807, 2.05) is 0 Å². The van der Waals surface area contributed by atoms with E-state index in [1.54, 1.807) is 13.0 Å². The molecule has 2 heterocycles. The number of benzene rings is 1. The number of amides is 2. The van der Waals surface area contributed by atoms with Crippen molar-refractivity contribution >= 4 is 50.9 Å². The number of carbonyl (C=O) groups is 1. The SMILES string of the molecule is CC(NC(=O)Nc1cc(Cl)c(OC(F)(F)C(F)Br)cc1Cl)c1ncnn1-c1ncccn1. The van der Waals surface area contributed by atoms with E-state index in [9.17, 15) is 18.0 Å². The van der Waals surface area contributed by atoms with Gasteiger partial charge in [0, 0.05) is 18.5 Å². The third-order valence-corrected chi connectivity index (χ3v) is 4.96. The van der Waals surface area contributed by atoms with Crippen molar-refractivity contribution in [1.82, 2.24) is 30.0 Å². The van der Waals surface area contributed by atoms with Crippen LogP contribution in [-0.2, 0) is 0 Å². The molecule has 2 atom stereocenters. The number of anilines is 1. The van der Waals surface area contributed by atoms with Crippen molar-refractivity contribution in [3.63, 3.8) is 0 Å². The van der Waals surface area contributed by atoms with Crippen LogP contribution in [0.5, 0.6) is 5.75 Å². The van der Waals surface area contributed by atoms with E-state index in [-0.39, 0.29) is 21.7 Å². The van der Waals surface area contributed by atoms with Crippen LogP contribution in [0, 0.1) is 0 Å². The summed E-state index contributed by atoms with van der Waals surface area (Å²) in [4.78, 5) is 24.7. The number of ether oxygens (including phenoxy) is 1. The number of urea groups is 1. The van der Waals surface area contributed by atoms with Crippen molar-refractivity contribution in [3.05, 3.63) is 52.8 Å². The van der Waals surface area contributed by atoms with Gasteiger partial charge in [0.15, 0.2) is 5.82 Å². The highest BCUT2D eigenvalue weighted by Gasteiger charge is 2.42. The number of halogens is 6. The Balaban J connectivity index is 1.71. The van der Waals surface area contributed by atoms with Gasteiger partial charge in [-0.3, -0.25) is 0 Å². The van der Waals surface area contributed by atoms with Crippen LogP contribution in [0.15, 0.2) is 36.9 Å². The minimum absolute atomic E-state index is 0.000494. The molecule has 0 aliphatic heterocycles. The van der Waals surface area contributed by atoms with E-state index >= 15 is 0 Å². The molecule has 0 aliphatic rings. The molecule has 3 aromatic rings. The molecule has 0 radical (unpaired) electrons. The molecule has 2 amide bonds. The molecule has 9 nitrogen and oxygen atoms in total. The average Bonchev–Trinajstić information content (AvgIpc) is 3.22. The van der Waals surface area contributed by atoms with E-state index in [2.05, 4.69) is 51.4 Å². The van der Waals surface area contributed by atoms with Crippen LogP contribution in [0.25, 0.3) is 5.95 Å². The summed E-state index contributed by atoms with van der Waals surface area (Å²) < 4.78 is 45.4. The smallest absolute Gasteiger partial charge is 0.428 e. The predicted molar refractivity (Wildman–Crippen MR) is 113 cm³/mol. The van der Waals surface area contributed by atoms with E-state index < -0.39 is 29.0 Å². The zero-order valence-electron chi connectivity index (χ0n) is 15.9. The second kappa shape index (κ2) is 9.88. The van der Waals surface area contributed by atoms with Crippen LogP contribution < -0.4 is 15.4 Å². The van der Waals surface area contributed by atoms with Crippen molar-refractivity contribution in [2.24, 2.45) is 0 Å². The molecule has 0 bridgehead atoms. The van der Waals surface area contributed by atoms with Crippen LogP contribution in [0.2, 0.25) is 10.0 Å². The maximum Gasteiger partial charge on any atom is 0.440 e. The van der Waals surface area contributed by atoms with E-state index in [1.165, 1.54) is 23.4 Å². The average molecular weight is 555 g/mol. The quantitative estimate of drug-likeness (QED) is 0.402. The highest BCUT2D eigenvalue weighted by molar-refractivity contribution is 9.09. The summed E-state index contributed by atoms with van der Waals surface area (Å²) in [6.07, 6.45) is 0.146. The molecule has 0 saturated carbocycles. The number of alkyl halides is 4. The van der Waals surface area contributed by atoms with E-state index in [0.29, 0.717) is 5.82 Å². The molecule has 170 valence electrons. The monoisotopic (exact) mass is 553 g/mol. The third kappa shape index (κ3) is 5.58. The number of hydrogen-bond acceptors (Lipinski definition) is 6. The normalized spacial score (nSPS) is 13.3. The maximum atomic E-state index is 13.4. The summed E-state index contributed by atoms with van der Waals surface area (Å²) >= 11 is 14.0. The van der Waals surface area contributed by atoms with Gasteiger partial charge in [-0.05, 0) is 35.0 Å². The minimum atomic E-state index is -4.19. The molecule has 0 spiro atoms. The summed E-state index contributed by atoms with van der Waals surface area (Å²) in [6, 6.07) is 2.30. The second-order valence-corrected chi connectivity index (χ2v) is 7.74. The number of aromatic nitrogens is 5. The number of rotatable bonds is 7. The number of carbonyl (C=O) groups excluding carboxylic acids is 1. The van der Waals surface area contributed by atoms with Gasteiger partial charge < -0.3 is 15.4 Å². The molecule has 0 saturated heterocycles. The summed E-state index contributed by atoms with van der Waals surface area (Å²) in [5, 5.41) is 5.83. The van der Waals surface area contributed by atoms with Gasteiger partial charge in [-0.1, -0.05) is 23.2 Å². The number of hydrogen-bond donors (Lipinski definition) is 2. The Morgan fingerprint density at radius 3 is 2.56 bits per heavy atom. The molecule has 2 unspecified atom stereocenters. The fourth-order valence-electron chi connectivity index (χ4n) is 2.41. The minimum Gasteiger partial charge on any atom is -0.428 e. The first-order chi connectivity index (χ1) is 15.1. The largest absolute Gasteiger partial charge is 0.440 e. The summed E-state index contributed by atoms with van der Waals surface area (Å²) in [7, 11) is 0. The Bertz CT molecular complexity index is 1110. The third-order valence-electron chi connectivity index (χ3n) is 3.82. The van der Waals surface area contributed by atoms with Gasteiger partial charge in [0.05, 0.1) is 21.8 Å². The van der Waals surface area contributed by atoms with Crippen molar-refractivity contribution < 1.29 is 22.7 Å². The van der Waals surface area contributed by atoms with Gasteiger partial charge in [0.2, 0.25) is 0 Å². The Morgan fingerprint density at radius 2 is 1.91 bits per heavy atom. The number of nitrogens with one attached hydrogen (secondary N) is 2. The Labute approximate surface area is 197 Å². The molecule has 0 fully saturated rings. The lowest BCUT2D eigenvalue weighted by Crippen LogP contribution is -2.33. The Kier molecular flexibility index (Phi) is 7.41. The van der Waals surface area contributed by atoms with E-state index in [0.717, 1.165) is 12.1 Å². The van der Waals surface area contributed by atoms with Crippen LogP contribution in [-0.4, -0.2) is 42.0 Å². The second-order valence-electron chi connectivity index (χ2n) is 6.13. The molecule has 3 rings (SSSR count). The number of nitrogens with zero attached hydrogens (tertiary/aromatic N) is 5. The topological polar surface area (TPSA) is 107 Å². The molecule has 15 heteroatoms. The van der Waals surface area contributed by atoms with E-state index in [4.69, 9.17) is 23.2 Å². The molecular formula is C17H13BrCl2F3N7O2. The first-order valence-electron chi connectivity index (χ1n) is 8.67. The standard InChI is InChI=1S/C17H13BrCl2F3N7O2/c1-8(13-26-7-27-30(13)15-24-3-2-4-25-15)28-16(31)29-11-5-10(20)12(6-9(11)19)32-17(22,23)14(18)21/h2-8,14H,1H3,(H2,28,29,31). The van der Waals surface area contributed by atoms with Crippen molar-refractivity contribution in [3.8, 4) is 11.7 Å². The summed E-state index contributed by atoms with van der Waals surface area (Å²) in [5.41, 5.74) is 0.000494. The highest BCUT2D eigenvalue weighted by atomic mass is 79.9. The summed E-state index contributed by atoms with van der Waals surface area (Å²) in [6.45, 7) is 1.64. The lowest BCUT2D eigenvalue weighted by Gasteiger charge is -2.20. The highest BCUT2D eigenvalue weighted by Crippen LogP contribution is 2.38.